The van der Waals surface area contributed by atoms with Crippen molar-refractivity contribution in [2.45, 2.75) is 37.9 Å². The molecular weight excluding hydrogens is 296 g/mol. The lowest BCUT2D eigenvalue weighted by Gasteiger charge is -2.50. The second-order valence-electron chi connectivity index (χ2n) is 6.50. The fourth-order valence-corrected chi connectivity index (χ4v) is 4.47. The number of carbonyl (C=O) groups excluding carboxylic acids is 2. The number of carbonyl (C=O) groups is 2. The Morgan fingerprint density at radius 2 is 1.96 bits per heavy atom. The topological polar surface area (TPSA) is 61.8 Å². The van der Waals surface area contributed by atoms with Crippen LogP contribution in [0.2, 0.25) is 0 Å². The van der Waals surface area contributed by atoms with Crippen LogP contribution in [0.25, 0.3) is 0 Å². The maximum Gasteiger partial charge on any atom is 0.334 e. The second kappa shape index (κ2) is 6.21. The summed E-state index contributed by atoms with van der Waals surface area (Å²) in [6.07, 6.45) is 9.23. The molecule has 4 aliphatic carbocycles. The van der Waals surface area contributed by atoms with Gasteiger partial charge in [-0.1, -0.05) is 17.7 Å². The zero-order valence-corrected chi connectivity index (χ0v) is 14.0. The van der Waals surface area contributed by atoms with Crippen LogP contribution in [0.15, 0.2) is 23.3 Å². The van der Waals surface area contributed by atoms with Gasteiger partial charge in [0.2, 0.25) is 11.6 Å². The second-order valence-corrected chi connectivity index (χ2v) is 6.50. The molecule has 0 aromatic rings. The zero-order valence-electron chi connectivity index (χ0n) is 14.0. The van der Waals surface area contributed by atoms with Crippen LogP contribution < -0.4 is 0 Å². The third-order valence-corrected chi connectivity index (χ3v) is 5.57. The van der Waals surface area contributed by atoms with Crippen molar-refractivity contribution < 1.29 is 23.8 Å². The highest BCUT2D eigenvalue weighted by molar-refractivity contribution is 6.03. The number of ketones is 1. The van der Waals surface area contributed by atoms with Gasteiger partial charge in [-0.15, -0.1) is 0 Å². The van der Waals surface area contributed by atoms with Gasteiger partial charge in [-0.3, -0.25) is 4.79 Å². The van der Waals surface area contributed by atoms with Gasteiger partial charge in [0.05, 0.1) is 13.0 Å². The molecule has 126 valence electrons. The average molecular weight is 320 g/mol. The van der Waals surface area contributed by atoms with Gasteiger partial charge in [0.25, 0.3) is 0 Å². The summed E-state index contributed by atoms with van der Waals surface area (Å²) < 4.78 is 15.9. The molecule has 0 aromatic heterocycles. The van der Waals surface area contributed by atoms with E-state index in [0.29, 0.717) is 5.57 Å². The minimum Gasteiger partial charge on any atom is -0.466 e. The minimum atomic E-state index is -1.27. The Labute approximate surface area is 136 Å². The van der Waals surface area contributed by atoms with E-state index in [1.807, 2.05) is 6.08 Å². The van der Waals surface area contributed by atoms with E-state index in [1.54, 1.807) is 0 Å². The normalized spacial score (nSPS) is 32.3. The summed E-state index contributed by atoms with van der Waals surface area (Å²) in [5.41, 5.74) is 1.77. The van der Waals surface area contributed by atoms with Crippen molar-refractivity contribution in [1.29, 1.82) is 0 Å². The summed E-state index contributed by atoms with van der Waals surface area (Å²) in [7, 11) is 4.33. The molecule has 5 heteroatoms. The summed E-state index contributed by atoms with van der Waals surface area (Å²) >= 11 is 0. The Kier molecular flexibility index (Phi) is 4.43. The third-order valence-electron chi connectivity index (χ3n) is 5.57. The van der Waals surface area contributed by atoms with Crippen molar-refractivity contribution in [3.63, 3.8) is 0 Å². The van der Waals surface area contributed by atoms with E-state index in [0.717, 1.165) is 25.7 Å². The van der Waals surface area contributed by atoms with Gasteiger partial charge in [0, 0.05) is 25.7 Å². The number of hydrogen-bond donors (Lipinski definition) is 0. The minimum absolute atomic E-state index is 0.0605. The Balaban J connectivity index is 2.04. The Morgan fingerprint density at radius 1 is 1.22 bits per heavy atom. The molecule has 2 bridgehead atoms. The van der Waals surface area contributed by atoms with Crippen LogP contribution in [0.4, 0.5) is 0 Å². The summed E-state index contributed by atoms with van der Waals surface area (Å²) in [6, 6.07) is 0. The highest BCUT2D eigenvalue weighted by Crippen LogP contribution is 2.52. The van der Waals surface area contributed by atoms with Crippen molar-refractivity contribution >= 4 is 11.8 Å². The molecule has 0 spiro atoms. The Hall–Kier alpha value is -1.46. The van der Waals surface area contributed by atoms with Crippen molar-refractivity contribution in [2.75, 3.05) is 21.3 Å². The smallest absolute Gasteiger partial charge is 0.334 e. The molecule has 1 saturated carbocycles. The zero-order chi connectivity index (χ0) is 16.6. The molecule has 0 radical (unpaired) electrons. The first-order chi connectivity index (χ1) is 11.1. The van der Waals surface area contributed by atoms with E-state index in [-0.39, 0.29) is 17.6 Å². The lowest BCUT2D eigenvalue weighted by atomic mass is 9.58. The number of esters is 1. The fourth-order valence-electron chi connectivity index (χ4n) is 4.47. The van der Waals surface area contributed by atoms with Crippen LogP contribution >= 0.6 is 0 Å². The Bertz CT molecular complexity index is 570. The predicted molar refractivity (Wildman–Crippen MR) is 83.5 cm³/mol. The number of Topliss-reactive ketones (excluding diaryl/α,β-unsaturated/α-hetero) is 1. The molecule has 4 aliphatic rings. The highest BCUT2D eigenvalue weighted by Gasteiger charge is 2.61. The number of methoxy groups -OCH3 is 3. The van der Waals surface area contributed by atoms with E-state index >= 15 is 0 Å². The molecule has 23 heavy (non-hydrogen) atoms. The third kappa shape index (κ3) is 2.37. The molecule has 1 fully saturated rings. The lowest BCUT2D eigenvalue weighted by molar-refractivity contribution is -0.239. The summed E-state index contributed by atoms with van der Waals surface area (Å²) in [5.74, 6) is -2.58. The summed E-state index contributed by atoms with van der Waals surface area (Å²) in [4.78, 5) is 25.3. The monoisotopic (exact) mass is 320 g/mol. The predicted octanol–water partition coefficient (Wildman–Crippen LogP) is 2.41. The molecule has 3 atom stereocenters. The van der Waals surface area contributed by atoms with Gasteiger partial charge < -0.3 is 14.2 Å². The van der Waals surface area contributed by atoms with Gasteiger partial charge in [0.15, 0.2) is 0 Å². The first kappa shape index (κ1) is 16.4. The van der Waals surface area contributed by atoms with Crippen molar-refractivity contribution in [3.8, 4) is 0 Å². The maximum absolute atomic E-state index is 13.1. The molecule has 5 nitrogen and oxygen atoms in total. The van der Waals surface area contributed by atoms with Crippen LogP contribution in [0.3, 0.4) is 0 Å². The largest absolute Gasteiger partial charge is 0.466 e. The summed E-state index contributed by atoms with van der Waals surface area (Å²) in [6.45, 7) is 0. The number of allylic oxidation sites excluding steroid dienone is 2. The highest BCUT2D eigenvalue weighted by atomic mass is 16.7. The molecule has 0 aliphatic heterocycles. The van der Waals surface area contributed by atoms with Gasteiger partial charge in [-0.25, -0.2) is 4.79 Å². The lowest BCUT2D eigenvalue weighted by Crippen LogP contribution is -2.61. The molecule has 0 aromatic carbocycles. The first-order valence-electron chi connectivity index (χ1n) is 8.22. The van der Waals surface area contributed by atoms with Crippen LogP contribution in [0, 0.1) is 17.8 Å². The van der Waals surface area contributed by atoms with E-state index in [1.165, 1.54) is 33.3 Å². The van der Waals surface area contributed by atoms with Crippen LogP contribution in [0.1, 0.15) is 32.1 Å². The average Bonchev–Trinajstić information content (AvgIpc) is 2.62. The molecule has 0 unspecified atom stereocenters. The number of hydrogen-bond acceptors (Lipinski definition) is 5. The van der Waals surface area contributed by atoms with E-state index in [9.17, 15) is 9.59 Å². The number of fused-ring (bicyclic) bond motifs is 2. The van der Waals surface area contributed by atoms with Crippen molar-refractivity contribution in [3.05, 3.63) is 23.3 Å². The molecular formula is C18H24O5. The van der Waals surface area contributed by atoms with Gasteiger partial charge in [-0.05, 0) is 38.0 Å². The van der Waals surface area contributed by atoms with Gasteiger partial charge in [-0.2, -0.15) is 0 Å². The van der Waals surface area contributed by atoms with Gasteiger partial charge >= 0.3 is 5.97 Å². The molecule has 0 saturated heterocycles. The number of rotatable bonds is 4. The van der Waals surface area contributed by atoms with Crippen molar-refractivity contribution in [1.82, 2.24) is 0 Å². The Morgan fingerprint density at radius 3 is 2.48 bits per heavy atom. The molecule has 4 rings (SSSR count). The molecule has 0 heterocycles. The molecule has 0 N–H and O–H groups in total. The van der Waals surface area contributed by atoms with Crippen molar-refractivity contribution in [2.24, 2.45) is 17.8 Å². The molecule has 0 amide bonds. The first-order valence-corrected chi connectivity index (χ1v) is 8.22. The summed E-state index contributed by atoms with van der Waals surface area (Å²) in [5, 5.41) is 0. The standard InChI is InChI=1S/C18H24O5/c1-21-17(20)14-10-12-9-13(11-7-5-4-6-8-11)15(14)16(19)18(12,22-2)23-3/h7,10,12-13,15H,4-6,8-9H2,1-3H3/t12-,13+,15+/m0/s1. The quantitative estimate of drug-likeness (QED) is 0.452. The van der Waals surface area contributed by atoms with Gasteiger partial charge in [0.1, 0.15) is 0 Å². The van der Waals surface area contributed by atoms with E-state index in [4.69, 9.17) is 14.2 Å². The SMILES string of the molecule is COC(=O)C1=C[C@@H]2C[C@H](C3=CCCCC3)[C@H]1C(=O)C2(OC)OC. The number of ether oxygens (including phenoxy) is 3. The van der Waals surface area contributed by atoms with Crippen LogP contribution in [0.5, 0.6) is 0 Å². The fraction of sp³-hybridized carbons (Fsp3) is 0.667. The van der Waals surface area contributed by atoms with E-state index < -0.39 is 17.7 Å². The van der Waals surface area contributed by atoms with E-state index in [2.05, 4.69) is 6.08 Å². The van der Waals surface area contributed by atoms with Crippen LogP contribution in [-0.4, -0.2) is 38.9 Å². The maximum atomic E-state index is 13.1. The van der Waals surface area contributed by atoms with Crippen LogP contribution in [-0.2, 0) is 23.8 Å².